The molecule has 0 amide bonds. The Morgan fingerprint density at radius 1 is 0.788 bits per heavy atom. The van der Waals surface area contributed by atoms with E-state index in [-0.39, 0.29) is 11.9 Å². The summed E-state index contributed by atoms with van der Waals surface area (Å²) in [5.41, 5.74) is 2.86. The summed E-state index contributed by atoms with van der Waals surface area (Å²) in [4.78, 5) is 12.6. The summed E-state index contributed by atoms with van der Waals surface area (Å²) < 4.78 is 5.67. The van der Waals surface area contributed by atoms with Crippen molar-refractivity contribution in [3.05, 3.63) is 65.2 Å². The van der Waals surface area contributed by atoms with E-state index >= 15 is 0 Å². The van der Waals surface area contributed by atoms with Crippen molar-refractivity contribution in [3.63, 3.8) is 0 Å². The highest BCUT2D eigenvalue weighted by molar-refractivity contribution is 5.75. The van der Waals surface area contributed by atoms with Crippen molar-refractivity contribution < 1.29 is 9.53 Å². The van der Waals surface area contributed by atoms with Gasteiger partial charge >= 0.3 is 5.97 Å². The van der Waals surface area contributed by atoms with Crippen LogP contribution in [0, 0.1) is 35.5 Å². The molecule has 1 fully saturated rings. The second kappa shape index (κ2) is 13.5. The third-order valence-electron chi connectivity index (χ3n) is 6.36. The highest BCUT2D eigenvalue weighted by Gasteiger charge is 2.27. The predicted octanol–water partition coefficient (Wildman–Crippen LogP) is 7.53. The molecule has 0 aromatic heterocycles. The van der Waals surface area contributed by atoms with Gasteiger partial charge in [-0.25, -0.2) is 0 Å². The third-order valence-corrected chi connectivity index (χ3v) is 6.36. The topological polar surface area (TPSA) is 26.3 Å². The Labute approximate surface area is 200 Å². The van der Waals surface area contributed by atoms with Crippen molar-refractivity contribution in [2.75, 3.05) is 0 Å². The van der Waals surface area contributed by atoms with Crippen LogP contribution in [0.5, 0.6) is 5.75 Å². The molecule has 2 aromatic rings. The fraction of sp³-hybridized carbons (Fsp3) is 0.452. The van der Waals surface area contributed by atoms with Crippen LogP contribution in [0.15, 0.2) is 48.5 Å². The molecule has 1 aliphatic carbocycles. The van der Waals surface area contributed by atoms with Gasteiger partial charge in [0.15, 0.2) is 0 Å². The first-order valence-electron chi connectivity index (χ1n) is 12.6. The van der Waals surface area contributed by atoms with Gasteiger partial charge in [-0.3, -0.25) is 4.79 Å². The van der Waals surface area contributed by atoms with Crippen molar-refractivity contribution >= 4 is 5.97 Å². The fourth-order valence-electron chi connectivity index (χ4n) is 4.32. The number of unbranched alkanes of at least 4 members (excludes halogenated alkanes) is 3. The minimum absolute atomic E-state index is 0.0429. The van der Waals surface area contributed by atoms with Crippen molar-refractivity contribution in [3.8, 4) is 29.4 Å². The van der Waals surface area contributed by atoms with Crippen LogP contribution in [-0.4, -0.2) is 5.97 Å². The van der Waals surface area contributed by atoms with Crippen molar-refractivity contribution in [2.24, 2.45) is 11.8 Å². The molecule has 1 saturated carbocycles. The zero-order valence-corrected chi connectivity index (χ0v) is 20.2. The standard InChI is InChI=1S/C31H36O2/c1-3-5-7-8-10-26-17-21-29(22-18-26)31(32)33-30-23-19-28(20-24-30)16-15-27-13-11-25(12-14-27)9-6-4-2/h11-14,19-20,23-24,26,29H,3-5,7-8,10,17-18,21-22H2,1-2H3/t26-,29-. The average Bonchev–Trinajstić information content (AvgIpc) is 2.86. The van der Waals surface area contributed by atoms with E-state index in [1.165, 1.54) is 32.1 Å². The van der Waals surface area contributed by atoms with Crippen molar-refractivity contribution in [1.82, 2.24) is 0 Å². The largest absolute Gasteiger partial charge is 0.426 e. The average molecular weight is 441 g/mol. The summed E-state index contributed by atoms with van der Waals surface area (Å²) in [7, 11) is 0. The van der Waals surface area contributed by atoms with Crippen LogP contribution < -0.4 is 4.74 Å². The van der Waals surface area contributed by atoms with Crippen LogP contribution in [-0.2, 0) is 4.79 Å². The van der Waals surface area contributed by atoms with Gasteiger partial charge in [-0.15, -0.1) is 0 Å². The lowest BCUT2D eigenvalue weighted by atomic mass is 9.80. The SMILES string of the molecule is CCC#Cc1ccc(C#Cc2ccc(OC(=O)[C@H]3CC[C@H](CCCCCC)CC3)cc2)cc1. The summed E-state index contributed by atoms with van der Waals surface area (Å²) in [5, 5.41) is 0. The molecular formula is C31H36O2. The Balaban J connectivity index is 1.45. The number of esters is 1. The maximum atomic E-state index is 12.6. The van der Waals surface area contributed by atoms with Crippen LogP contribution in [0.3, 0.4) is 0 Å². The first kappa shape index (κ1) is 24.7. The number of ether oxygens (including phenoxy) is 1. The van der Waals surface area contributed by atoms with E-state index in [1.54, 1.807) is 0 Å². The van der Waals surface area contributed by atoms with Gasteiger partial charge in [0.25, 0.3) is 0 Å². The molecule has 33 heavy (non-hydrogen) atoms. The molecule has 0 saturated heterocycles. The highest BCUT2D eigenvalue weighted by atomic mass is 16.5. The number of rotatable bonds is 7. The molecule has 0 radical (unpaired) electrons. The van der Waals surface area contributed by atoms with E-state index in [0.29, 0.717) is 5.75 Å². The van der Waals surface area contributed by atoms with Crippen LogP contribution in [0.25, 0.3) is 0 Å². The molecule has 172 valence electrons. The first-order valence-corrected chi connectivity index (χ1v) is 12.6. The second-order valence-corrected chi connectivity index (χ2v) is 9.00. The quantitative estimate of drug-likeness (QED) is 0.192. The van der Waals surface area contributed by atoms with E-state index in [1.807, 2.05) is 55.5 Å². The highest BCUT2D eigenvalue weighted by Crippen LogP contribution is 2.33. The van der Waals surface area contributed by atoms with Gasteiger partial charge in [0, 0.05) is 23.1 Å². The van der Waals surface area contributed by atoms with Gasteiger partial charge in [-0.2, -0.15) is 0 Å². The Bertz CT molecular complexity index is 985. The maximum absolute atomic E-state index is 12.6. The summed E-state index contributed by atoms with van der Waals surface area (Å²) in [6, 6.07) is 15.5. The molecule has 2 nitrogen and oxygen atoms in total. The fourth-order valence-corrected chi connectivity index (χ4v) is 4.32. The number of hydrogen-bond donors (Lipinski definition) is 0. The number of carbonyl (C=O) groups is 1. The normalized spacial score (nSPS) is 17.3. The second-order valence-electron chi connectivity index (χ2n) is 9.00. The lowest BCUT2D eigenvalue weighted by Crippen LogP contribution is -2.25. The van der Waals surface area contributed by atoms with Gasteiger partial charge < -0.3 is 4.74 Å². The summed E-state index contributed by atoms with van der Waals surface area (Å²) >= 11 is 0. The Kier molecular flexibility index (Phi) is 10.1. The first-order chi connectivity index (χ1) is 16.2. The summed E-state index contributed by atoms with van der Waals surface area (Å²) in [6.07, 6.45) is 11.7. The van der Waals surface area contributed by atoms with E-state index in [9.17, 15) is 4.79 Å². The minimum Gasteiger partial charge on any atom is -0.426 e. The number of carbonyl (C=O) groups excluding carboxylic acids is 1. The van der Waals surface area contributed by atoms with Gasteiger partial charge in [0.1, 0.15) is 5.75 Å². The van der Waals surface area contributed by atoms with Gasteiger partial charge in [0.2, 0.25) is 0 Å². The lowest BCUT2D eigenvalue weighted by Gasteiger charge is -2.27. The number of benzene rings is 2. The summed E-state index contributed by atoms with van der Waals surface area (Å²) in [5.74, 6) is 13.9. The molecule has 1 aliphatic rings. The van der Waals surface area contributed by atoms with Crippen LogP contribution in [0.2, 0.25) is 0 Å². The molecule has 2 heteroatoms. The Hall–Kier alpha value is -2.97. The molecule has 0 atom stereocenters. The van der Waals surface area contributed by atoms with E-state index in [4.69, 9.17) is 4.74 Å². The van der Waals surface area contributed by atoms with E-state index < -0.39 is 0 Å². The summed E-state index contributed by atoms with van der Waals surface area (Å²) in [6.45, 7) is 4.29. The van der Waals surface area contributed by atoms with Gasteiger partial charge in [-0.05, 0) is 80.1 Å². The van der Waals surface area contributed by atoms with Gasteiger partial charge in [-0.1, -0.05) is 69.6 Å². The van der Waals surface area contributed by atoms with Crippen LogP contribution >= 0.6 is 0 Å². The Morgan fingerprint density at radius 2 is 1.36 bits per heavy atom. The number of hydrogen-bond acceptors (Lipinski definition) is 2. The molecule has 0 bridgehead atoms. The molecule has 0 aliphatic heterocycles. The molecule has 0 unspecified atom stereocenters. The molecule has 3 rings (SSSR count). The minimum atomic E-state index is -0.0791. The van der Waals surface area contributed by atoms with Gasteiger partial charge in [0.05, 0.1) is 5.92 Å². The lowest BCUT2D eigenvalue weighted by molar-refractivity contribution is -0.140. The predicted molar refractivity (Wildman–Crippen MR) is 136 cm³/mol. The van der Waals surface area contributed by atoms with Crippen LogP contribution in [0.1, 0.15) is 94.7 Å². The van der Waals surface area contributed by atoms with Crippen LogP contribution in [0.4, 0.5) is 0 Å². The third kappa shape index (κ3) is 8.47. The Morgan fingerprint density at radius 3 is 1.94 bits per heavy atom. The van der Waals surface area contributed by atoms with Crippen molar-refractivity contribution in [2.45, 2.75) is 78.1 Å². The van der Waals surface area contributed by atoms with Crippen molar-refractivity contribution in [1.29, 1.82) is 0 Å². The zero-order chi connectivity index (χ0) is 23.3. The maximum Gasteiger partial charge on any atom is 0.314 e. The molecular weight excluding hydrogens is 404 g/mol. The zero-order valence-electron chi connectivity index (χ0n) is 20.2. The molecule has 0 heterocycles. The molecule has 0 spiro atoms. The smallest absolute Gasteiger partial charge is 0.314 e. The monoisotopic (exact) mass is 440 g/mol. The van der Waals surface area contributed by atoms with E-state index in [2.05, 4.69) is 30.6 Å². The van der Waals surface area contributed by atoms with E-state index in [0.717, 1.165) is 54.7 Å². The molecule has 2 aromatic carbocycles. The molecule has 0 N–H and O–H groups in total.